The van der Waals surface area contributed by atoms with E-state index in [1.165, 1.54) is 0 Å². The highest BCUT2D eigenvalue weighted by atomic mass is 32.2. The van der Waals surface area contributed by atoms with Crippen LogP contribution in [0.3, 0.4) is 0 Å². The summed E-state index contributed by atoms with van der Waals surface area (Å²) >= 11 is 0. The second-order valence-corrected chi connectivity index (χ2v) is 4.12. The molecule has 0 fully saturated rings. The maximum Gasteiger partial charge on any atom is 0.266 e. The third-order valence-electron chi connectivity index (χ3n) is 1.36. The molecule has 6 heteroatoms. The summed E-state index contributed by atoms with van der Waals surface area (Å²) < 4.78 is 28.9. The summed E-state index contributed by atoms with van der Waals surface area (Å²) in [4.78, 5) is 11.6. The Balaban J connectivity index is 3.57. The van der Waals surface area contributed by atoms with Gasteiger partial charge in [-0.15, -0.1) is 0 Å². The highest BCUT2D eigenvalue weighted by Gasteiger charge is 2.06. The predicted octanol–water partition coefficient (Wildman–Crippen LogP) is -0.605. The summed E-state index contributed by atoms with van der Waals surface area (Å²) in [6.45, 7) is 0.756. The standard InChI is InChI=1S/C6H13NO4S/c1-7(3-2-5-8)4-6-12(9,10)11/h5H,2-4,6H2,1H3,(H,9,10,11). The Labute approximate surface area is 72.1 Å². The van der Waals surface area contributed by atoms with Gasteiger partial charge in [0.1, 0.15) is 6.29 Å². The second-order valence-electron chi connectivity index (χ2n) is 2.54. The van der Waals surface area contributed by atoms with Crippen molar-refractivity contribution >= 4 is 16.4 Å². The summed E-state index contributed by atoms with van der Waals surface area (Å²) in [7, 11) is -2.19. The van der Waals surface area contributed by atoms with Crippen LogP contribution in [0.5, 0.6) is 0 Å². The van der Waals surface area contributed by atoms with Crippen LogP contribution in [0.1, 0.15) is 6.42 Å². The van der Waals surface area contributed by atoms with Crippen LogP contribution in [0.25, 0.3) is 0 Å². The molecule has 1 N–H and O–H groups in total. The van der Waals surface area contributed by atoms with E-state index in [9.17, 15) is 13.2 Å². The summed E-state index contributed by atoms with van der Waals surface area (Å²) in [6.07, 6.45) is 1.14. The fourth-order valence-electron chi connectivity index (χ4n) is 0.656. The Morgan fingerprint density at radius 1 is 1.42 bits per heavy atom. The van der Waals surface area contributed by atoms with Gasteiger partial charge in [-0.05, 0) is 7.05 Å². The van der Waals surface area contributed by atoms with Gasteiger partial charge in [-0.2, -0.15) is 8.42 Å². The Kier molecular flexibility index (Phi) is 5.03. The first-order chi connectivity index (χ1) is 5.45. The highest BCUT2D eigenvalue weighted by molar-refractivity contribution is 7.85. The van der Waals surface area contributed by atoms with Gasteiger partial charge in [0.2, 0.25) is 0 Å². The molecular weight excluding hydrogens is 182 g/mol. The monoisotopic (exact) mass is 195 g/mol. The maximum absolute atomic E-state index is 10.3. The normalized spacial score (nSPS) is 11.9. The van der Waals surface area contributed by atoms with E-state index in [0.717, 1.165) is 6.29 Å². The second kappa shape index (κ2) is 5.23. The molecule has 0 aliphatic carbocycles. The molecule has 0 saturated carbocycles. The Morgan fingerprint density at radius 3 is 2.42 bits per heavy atom. The molecule has 0 unspecified atom stereocenters. The largest absolute Gasteiger partial charge is 0.305 e. The summed E-state index contributed by atoms with van der Waals surface area (Å²) in [5.74, 6) is -0.289. The minimum Gasteiger partial charge on any atom is -0.305 e. The van der Waals surface area contributed by atoms with E-state index in [4.69, 9.17) is 4.55 Å². The van der Waals surface area contributed by atoms with E-state index >= 15 is 0 Å². The third kappa shape index (κ3) is 7.64. The number of nitrogens with zero attached hydrogens (tertiary/aromatic N) is 1. The molecule has 12 heavy (non-hydrogen) atoms. The van der Waals surface area contributed by atoms with Gasteiger partial charge in [0.15, 0.2) is 0 Å². The third-order valence-corrected chi connectivity index (χ3v) is 2.06. The molecule has 72 valence electrons. The van der Waals surface area contributed by atoms with E-state index in [-0.39, 0.29) is 12.3 Å². The Bertz CT molecular complexity index is 224. The van der Waals surface area contributed by atoms with Gasteiger partial charge in [-0.25, -0.2) is 0 Å². The molecule has 0 radical (unpaired) electrons. The van der Waals surface area contributed by atoms with Crippen molar-refractivity contribution in [1.29, 1.82) is 0 Å². The highest BCUT2D eigenvalue weighted by Crippen LogP contribution is 1.88. The molecule has 0 spiro atoms. The van der Waals surface area contributed by atoms with E-state index < -0.39 is 10.1 Å². The van der Waals surface area contributed by atoms with Crippen LogP contribution in [0.4, 0.5) is 0 Å². The van der Waals surface area contributed by atoms with Gasteiger partial charge in [0.25, 0.3) is 10.1 Å². The zero-order valence-electron chi connectivity index (χ0n) is 6.93. The molecule has 0 aromatic heterocycles. The Morgan fingerprint density at radius 2 is 2.00 bits per heavy atom. The van der Waals surface area contributed by atoms with E-state index in [1.54, 1.807) is 11.9 Å². The van der Waals surface area contributed by atoms with Crippen molar-refractivity contribution in [3.05, 3.63) is 0 Å². The van der Waals surface area contributed by atoms with Crippen molar-refractivity contribution in [2.24, 2.45) is 0 Å². The van der Waals surface area contributed by atoms with Crippen LogP contribution in [0.2, 0.25) is 0 Å². The van der Waals surface area contributed by atoms with Gasteiger partial charge < -0.3 is 9.69 Å². The number of carbonyl (C=O) groups excluding carboxylic acids is 1. The number of hydrogen-bond acceptors (Lipinski definition) is 4. The fourth-order valence-corrected chi connectivity index (χ4v) is 1.20. The molecule has 0 rings (SSSR count). The lowest BCUT2D eigenvalue weighted by Crippen LogP contribution is -2.26. The van der Waals surface area contributed by atoms with E-state index in [1.807, 2.05) is 0 Å². The van der Waals surface area contributed by atoms with Crippen LogP contribution >= 0.6 is 0 Å². The lowest BCUT2D eigenvalue weighted by Gasteiger charge is -2.12. The Hall–Kier alpha value is -0.460. The summed E-state index contributed by atoms with van der Waals surface area (Å²) in [6, 6.07) is 0. The van der Waals surface area contributed by atoms with Gasteiger partial charge in [0, 0.05) is 19.5 Å². The SMILES string of the molecule is CN(CCC=O)CCS(=O)(=O)O. The lowest BCUT2D eigenvalue weighted by atomic mass is 10.4. The lowest BCUT2D eigenvalue weighted by molar-refractivity contribution is -0.108. The number of rotatable bonds is 6. The quantitative estimate of drug-likeness (QED) is 0.452. The number of carbonyl (C=O) groups is 1. The van der Waals surface area contributed by atoms with Gasteiger partial charge in [-0.3, -0.25) is 4.55 Å². The molecule has 0 aliphatic heterocycles. The first kappa shape index (κ1) is 11.5. The average molecular weight is 195 g/mol. The van der Waals surface area contributed by atoms with Gasteiger partial charge in [0.05, 0.1) is 5.75 Å². The molecule has 0 saturated heterocycles. The average Bonchev–Trinajstić information content (AvgIpc) is 1.95. The summed E-state index contributed by atoms with van der Waals surface area (Å²) in [5.41, 5.74) is 0. The molecule has 0 heterocycles. The minimum absolute atomic E-state index is 0.243. The zero-order chi connectivity index (χ0) is 9.61. The van der Waals surface area contributed by atoms with Crippen LogP contribution < -0.4 is 0 Å². The molecule has 0 aliphatic rings. The minimum atomic E-state index is -3.87. The van der Waals surface area contributed by atoms with Crippen molar-refractivity contribution in [2.45, 2.75) is 6.42 Å². The van der Waals surface area contributed by atoms with E-state index in [2.05, 4.69) is 0 Å². The number of hydrogen-bond donors (Lipinski definition) is 1. The zero-order valence-corrected chi connectivity index (χ0v) is 7.75. The van der Waals surface area contributed by atoms with Crippen LogP contribution in [0.15, 0.2) is 0 Å². The van der Waals surface area contributed by atoms with Crippen molar-refractivity contribution in [1.82, 2.24) is 4.90 Å². The predicted molar refractivity (Wildman–Crippen MR) is 44.6 cm³/mol. The van der Waals surface area contributed by atoms with Gasteiger partial charge in [-0.1, -0.05) is 0 Å². The van der Waals surface area contributed by atoms with Crippen LogP contribution in [-0.2, 0) is 14.9 Å². The molecule has 0 aromatic carbocycles. The fraction of sp³-hybridized carbons (Fsp3) is 0.833. The topological polar surface area (TPSA) is 74.7 Å². The van der Waals surface area contributed by atoms with Crippen LogP contribution in [0, 0.1) is 0 Å². The molecule has 0 aromatic rings. The van der Waals surface area contributed by atoms with Crippen molar-refractivity contribution < 1.29 is 17.8 Å². The number of aldehydes is 1. The molecule has 0 atom stereocenters. The smallest absolute Gasteiger partial charge is 0.266 e. The van der Waals surface area contributed by atoms with Crippen molar-refractivity contribution in [3.63, 3.8) is 0 Å². The molecular formula is C6H13NO4S. The summed E-state index contributed by atoms with van der Waals surface area (Å²) in [5, 5.41) is 0. The molecule has 0 amide bonds. The van der Waals surface area contributed by atoms with E-state index in [0.29, 0.717) is 13.0 Å². The maximum atomic E-state index is 10.3. The molecule has 5 nitrogen and oxygen atoms in total. The van der Waals surface area contributed by atoms with Crippen LogP contribution in [-0.4, -0.2) is 50.0 Å². The molecule has 0 bridgehead atoms. The first-order valence-electron chi connectivity index (χ1n) is 3.53. The van der Waals surface area contributed by atoms with Crippen molar-refractivity contribution in [3.8, 4) is 0 Å². The van der Waals surface area contributed by atoms with Gasteiger partial charge >= 0.3 is 0 Å². The first-order valence-corrected chi connectivity index (χ1v) is 5.14. The van der Waals surface area contributed by atoms with Crippen molar-refractivity contribution in [2.75, 3.05) is 25.9 Å².